The number of hydrogen-bond donors (Lipinski definition) is 1. The highest BCUT2D eigenvalue weighted by Crippen LogP contribution is 2.24. The maximum Gasteiger partial charge on any atom is 0.261 e. The summed E-state index contributed by atoms with van der Waals surface area (Å²) >= 11 is 6.06. The fourth-order valence-corrected chi connectivity index (χ4v) is 2.77. The van der Waals surface area contributed by atoms with Gasteiger partial charge in [0.2, 0.25) is 0 Å². The van der Waals surface area contributed by atoms with Crippen LogP contribution >= 0.6 is 11.6 Å². The number of para-hydroxylation sites is 1. The van der Waals surface area contributed by atoms with E-state index in [0.29, 0.717) is 17.3 Å². The highest BCUT2D eigenvalue weighted by atomic mass is 35.5. The van der Waals surface area contributed by atoms with E-state index in [9.17, 15) is 4.79 Å². The molecule has 0 aliphatic rings. The van der Waals surface area contributed by atoms with Gasteiger partial charge in [0.15, 0.2) is 6.10 Å². The molecule has 1 amide bonds. The van der Waals surface area contributed by atoms with Crippen molar-refractivity contribution in [2.45, 2.75) is 40.0 Å². The predicted molar refractivity (Wildman–Crippen MR) is 106 cm³/mol. The monoisotopic (exact) mass is 374 g/mol. The van der Waals surface area contributed by atoms with E-state index < -0.39 is 6.10 Å². The van der Waals surface area contributed by atoms with Crippen LogP contribution in [0.1, 0.15) is 31.9 Å². The number of hydrogen-bond acceptors (Lipinski definition) is 3. The summed E-state index contributed by atoms with van der Waals surface area (Å²) in [6, 6.07) is 15.5. The van der Waals surface area contributed by atoms with Crippen molar-refractivity contribution >= 4 is 17.5 Å². The Morgan fingerprint density at radius 2 is 1.69 bits per heavy atom. The first kappa shape index (κ1) is 20.3. The van der Waals surface area contributed by atoms with Crippen LogP contribution in [-0.4, -0.2) is 30.0 Å². The zero-order valence-electron chi connectivity index (χ0n) is 15.7. The molecule has 0 saturated carbocycles. The van der Waals surface area contributed by atoms with Gasteiger partial charge in [0.1, 0.15) is 5.75 Å². The van der Waals surface area contributed by atoms with E-state index in [0.717, 1.165) is 25.2 Å². The number of nitrogens with zero attached hydrogens (tertiary/aromatic N) is 1. The molecule has 0 radical (unpaired) electrons. The van der Waals surface area contributed by atoms with Crippen molar-refractivity contribution in [3.8, 4) is 5.75 Å². The number of amides is 1. The topological polar surface area (TPSA) is 41.6 Å². The van der Waals surface area contributed by atoms with E-state index in [-0.39, 0.29) is 5.91 Å². The van der Waals surface area contributed by atoms with E-state index in [1.165, 1.54) is 5.56 Å². The predicted octanol–water partition coefficient (Wildman–Crippen LogP) is 4.27. The van der Waals surface area contributed by atoms with E-state index in [2.05, 4.69) is 48.3 Å². The number of ether oxygens (including phenoxy) is 1. The molecular formula is C21H27ClN2O2. The molecule has 140 valence electrons. The van der Waals surface area contributed by atoms with Gasteiger partial charge in [-0.2, -0.15) is 0 Å². The molecule has 2 aromatic rings. The molecule has 0 fully saturated rings. The lowest BCUT2D eigenvalue weighted by molar-refractivity contribution is -0.127. The first-order valence-electron chi connectivity index (χ1n) is 9.02. The average molecular weight is 375 g/mol. The van der Waals surface area contributed by atoms with Crippen molar-refractivity contribution in [1.29, 1.82) is 0 Å². The lowest BCUT2D eigenvalue weighted by Gasteiger charge is -2.18. The van der Waals surface area contributed by atoms with E-state index >= 15 is 0 Å². The number of rotatable bonds is 9. The van der Waals surface area contributed by atoms with Gasteiger partial charge < -0.3 is 10.1 Å². The first-order valence-corrected chi connectivity index (χ1v) is 9.40. The van der Waals surface area contributed by atoms with Crippen LogP contribution in [0.2, 0.25) is 5.02 Å². The van der Waals surface area contributed by atoms with Gasteiger partial charge >= 0.3 is 0 Å². The van der Waals surface area contributed by atoms with E-state index in [4.69, 9.17) is 16.3 Å². The van der Waals surface area contributed by atoms with Crippen molar-refractivity contribution in [2.24, 2.45) is 0 Å². The second kappa shape index (κ2) is 10.2. The van der Waals surface area contributed by atoms with Gasteiger partial charge in [0.05, 0.1) is 5.02 Å². The van der Waals surface area contributed by atoms with Crippen molar-refractivity contribution < 1.29 is 9.53 Å². The van der Waals surface area contributed by atoms with Crippen LogP contribution in [0.5, 0.6) is 5.75 Å². The highest BCUT2D eigenvalue weighted by Gasteiger charge is 2.15. The molecule has 1 unspecified atom stereocenters. The number of benzene rings is 2. The Morgan fingerprint density at radius 3 is 2.31 bits per heavy atom. The smallest absolute Gasteiger partial charge is 0.261 e. The van der Waals surface area contributed by atoms with E-state index in [1.807, 2.05) is 12.1 Å². The maximum absolute atomic E-state index is 12.2. The molecule has 0 heterocycles. The van der Waals surface area contributed by atoms with Crippen LogP contribution in [0.4, 0.5) is 0 Å². The molecular weight excluding hydrogens is 348 g/mol. The standard InChI is InChI=1S/C21H27ClN2O2/c1-4-24(5-2)15-18-12-10-17(11-13-18)14-23-21(25)16(3)26-20-9-7-6-8-19(20)22/h6-13,16H,4-5,14-15H2,1-3H3,(H,23,25). The zero-order valence-corrected chi connectivity index (χ0v) is 16.4. The number of carbonyl (C=O) groups is 1. The molecule has 0 aromatic heterocycles. The van der Waals surface area contributed by atoms with Gasteiger partial charge in [0, 0.05) is 13.1 Å². The lowest BCUT2D eigenvalue weighted by Crippen LogP contribution is -2.35. The van der Waals surface area contributed by atoms with Crippen LogP contribution in [0, 0.1) is 0 Å². The summed E-state index contributed by atoms with van der Waals surface area (Å²) < 4.78 is 5.63. The minimum absolute atomic E-state index is 0.169. The lowest BCUT2D eigenvalue weighted by atomic mass is 10.1. The van der Waals surface area contributed by atoms with Gasteiger partial charge in [-0.3, -0.25) is 9.69 Å². The van der Waals surface area contributed by atoms with Gasteiger partial charge in [-0.1, -0.05) is 61.8 Å². The normalized spacial score (nSPS) is 12.0. The fraction of sp³-hybridized carbons (Fsp3) is 0.381. The van der Waals surface area contributed by atoms with Gasteiger partial charge in [-0.25, -0.2) is 0 Å². The number of halogens is 1. The van der Waals surface area contributed by atoms with Crippen LogP contribution in [-0.2, 0) is 17.9 Å². The SMILES string of the molecule is CCN(CC)Cc1ccc(CNC(=O)C(C)Oc2ccccc2Cl)cc1. The summed E-state index contributed by atoms with van der Waals surface area (Å²) in [4.78, 5) is 14.6. The van der Waals surface area contributed by atoms with Crippen molar-refractivity contribution in [1.82, 2.24) is 10.2 Å². The summed E-state index contributed by atoms with van der Waals surface area (Å²) in [7, 11) is 0. The van der Waals surface area contributed by atoms with Crippen molar-refractivity contribution in [3.05, 3.63) is 64.7 Å². The number of nitrogens with one attached hydrogen (secondary N) is 1. The molecule has 0 spiro atoms. The van der Waals surface area contributed by atoms with Gasteiger partial charge in [0.25, 0.3) is 5.91 Å². The fourth-order valence-electron chi connectivity index (χ4n) is 2.59. The summed E-state index contributed by atoms with van der Waals surface area (Å²) in [5, 5.41) is 3.40. The molecule has 1 N–H and O–H groups in total. The molecule has 5 heteroatoms. The van der Waals surface area contributed by atoms with Crippen LogP contribution in [0.3, 0.4) is 0 Å². The summed E-state index contributed by atoms with van der Waals surface area (Å²) in [6.07, 6.45) is -0.614. The largest absolute Gasteiger partial charge is 0.479 e. The van der Waals surface area contributed by atoms with Crippen LogP contribution < -0.4 is 10.1 Å². The molecule has 1 atom stereocenters. The molecule has 0 saturated heterocycles. The molecule has 4 nitrogen and oxygen atoms in total. The molecule has 2 aromatic carbocycles. The second-order valence-corrected chi connectivity index (χ2v) is 6.59. The maximum atomic E-state index is 12.2. The Labute approximate surface area is 161 Å². The Kier molecular flexibility index (Phi) is 7.95. The Bertz CT molecular complexity index is 699. The van der Waals surface area contributed by atoms with Crippen molar-refractivity contribution in [3.63, 3.8) is 0 Å². The summed E-state index contributed by atoms with van der Waals surface area (Å²) in [5.74, 6) is 0.342. The summed E-state index contributed by atoms with van der Waals surface area (Å²) in [6.45, 7) is 9.54. The zero-order chi connectivity index (χ0) is 18.9. The van der Waals surface area contributed by atoms with E-state index in [1.54, 1.807) is 19.1 Å². The van der Waals surface area contributed by atoms with Gasteiger partial charge in [-0.15, -0.1) is 0 Å². The molecule has 26 heavy (non-hydrogen) atoms. The molecule has 0 bridgehead atoms. The molecule has 0 aliphatic heterocycles. The number of carbonyl (C=O) groups excluding carboxylic acids is 1. The van der Waals surface area contributed by atoms with Crippen LogP contribution in [0.25, 0.3) is 0 Å². The molecule has 0 aliphatic carbocycles. The third-order valence-corrected chi connectivity index (χ3v) is 4.61. The van der Waals surface area contributed by atoms with Gasteiger partial charge in [-0.05, 0) is 43.3 Å². The average Bonchev–Trinajstić information content (AvgIpc) is 2.66. The van der Waals surface area contributed by atoms with Crippen LogP contribution in [0.15, 0.2) is 48.5 Å². The quantitative estimate of drug-likeness (QED) is 0.712. The Balaban J connectivity index is 1.84. The third-order valence-electron chi connectivity index (χ3n) is 4.30. The minimum atomic E-state index is -0.614. The Morgan fingerprint density at radius 1 is 1.08 bits per heavy atom. The third kappa shape index (κ3) is 6.04. The molecule has 2 rings (SSSR count). The highest BCUT2D eigenvalue weighted by molar-refractivity contribution is 6.32. The first-order chi connectivity index (χ1) is 12.5. The summed E-state index contributed by atoms with van der Waals surface area (Å²) in [5.41, 5.74) is 2.34. The second-order valence-electron chi connectivity index (χ2n) is 6.19. The van der Waals surface area contributed by atoms with Crippen molar-refractivity contribution in [2.75, 3.05) is 13.1 Å². The minimum Gasteiger partial charge on any atom is -0.479 e. The Hall–Kier alpha value is -2.04.